The normalized spacial score (nSPS) is 15.3. The number of carbonyl (C=O) groups is 1. The maximum atomic E-state index is 12.7. The summed E-state index contributed by atoms with van der Waals surface area (Å²) in [5, 5.41) is 21.9. The number of aromatic hydroxyl groups is 1. The zero-order valence-corrected chi connectivity index (χ0v) is 15.5. The molecule has 0 atom stereocenters. The molecule has 1 aliphatic rings. The smallest absolute Gasteiger partial charge is 0.294 e. The van der Waals surface area contributed by atoms with E-state index in [9.17, 15) is 20.0 Å². The fourth-order valence-corrected chi connectivity index (χ4v) is 3.53. The van der Waals surface area contributed by atoms with Gasteiger partial charge in [-0.1, -0.05) is 30.0 Å². The van der Waals surface area contributed by atoms with E-state index in [0.29, 0.717) is 10.5 Å². The summed E-state index contributed by atoms with van der Waals surface area (Å²) < 4.78 is 5.27. The Morgan fingerprint density at radius 2 is 2.07 bits per heavy atom. The third-order valence-electron chi connectivity index (χ3n) is 3.63. The summed E-state index contributed by atoms with van der Waals surface area (Å²) in [5.74, 6) is -0.173. The van der Waals surface area contributed by atoms with Crippen molar-refractivity contribution < 1.29 is 19.6 Å². The second-order valence-corrected chi connectivity index (χ2v) is 7.01. The van der Waals surface area contributed by atoms with E-state index in [2.05, 4.69) is 5.43 Å². The first-order valence-electron chi connectivity index (χ1n) is 7.55. The molecule has 1 heterocycles. The number of methoxy groups -OCH3 is 1. The number of phenolic OH excluding ortho intramolecular Hbond substituents is 1. The van der Waals surface area contributed by atoms with Crippen molar-refractivity contribution in [3.05, 3.63) is 63.0 Å². The van der Waals surface area contributed by atoms with Gasteiger partial charge in [0.15, 0.2) is 15.8 Å². The lowest BCUT2D eigenvalue weighted by Gasteiger charge is -2.16. The number of ether oxygens (including phenoxy) is 1. The molecule has 0 unspecified atom stereocenters. The van der Waals surface area contributed by atoms with Gasteiger partial charge in [-0.05, 0) is 42.1 Å². The number of hydrogen-bond acceptors (Lipinski definition) is 8. The van der Waals surface area contributed by atoms with Crippen molar-refractivity contribution in [2.45, 2.75) is 0 Å². The van der Waals surface area contributed by atoms with Gasteiger partial charge < -0.3 is 9.84 Å². The third-order valence-corrected chi connectivity index (χ3v) is 4.93. The molecule has 0 radical (unpaired) electrons. The van der Waals surface area contributed by atoms with Crippen molar-refractivity contribution in [2.75, 3.05) is 12.5 Å². The summed E-state index contributed by atoms with van der Waals surface area (Å²) in [6.07, 6.45) is 1.60. The standard InChI is InChI=1S/C17H13N3O5S2/c1-25-14-8-10(6-7-13(14)21)9-15-16(22)19(17(26)27-15)18-11-4-2-3-5-12(11)20(23)24/h2-9,18,21H,1H3/b15-9+. The van der Waals surface area contributed by atoms with Crippen LogP contribution in [0.15, 0.2) is 47.4 Å². The molecular formula is C17H13N3O5S2. The van der Waals surface area contributed by atoms with Crippen LogP contribution in [0.3, 0.4) is 0 Å². The fraction of sp³-hybridized carbons (Fsp3) is 0.0588. The van der Waals surface area contributed by atoms with Crippen LogP contribution in [0.1, 0.15) is 5.56 Å². The lowest BCUT2D eigenvalue weighted by Crippen LogP contribution is -2.34. The van der Waals surface area contributed by atoms with Gasteiger partial charge in [0, 0.05) is 6.07 Å². The second-order valence-electron chi connectivity index (χ2n) is 5.33. The number of nitro benzene ring substituents is 1. The van der Waals surface area contributed by atoms with Crippen molar-refractivity contribution in [2.24, 2.45) is 0 Å². The van der Waals surface area contributed by atoms with Crippen LogP contribution in [0.25, 0.3) is 6.08 Å². The van der Waals surface area contributed by atoms with E-state index in [1.165, 1.54) is 31.4 Å². The number of carbonyl (C=O) groups excluding carboxylic acids is 1. The maximum Gasteiger partial charge on any atom is 0.294 e. The minimum atomic E-state index is -0.543. The van der Waals surface area contributed by atoms with Crippen LogP contribution < -0.4 is 10.2 Å². The van der Waals surface area contributed by atoms with Crippen molar-refractivity contribution >= 4 is 51.7 Å². The van der Waals surface area contributed by atoms with Gasteiger partial charge in [-0.15, -0.1) is 0 Å². The van der Waals surface area contributed by atoms with Crippen LogP contribution >= 0.6 is 24.0 Å². The number of nitrogens with zero attached hydrogens (tertiary/aromatic N) is 2. The van der Waals surface area contributed by atoms with Crippen LogP contribution in [0.2, 0.25) is 0 Å². The van der Waals surface area contributed by atoms with Crippen LogP contribution in [0.5, 0.6) is 11.5 Å². The number of hydrogen-bond donors (Lipinski definition) is 2. The quantitative estimate of drug-likeness (QED) is 0.338. The Morgan fingerprint density at radius 1 is 1.33 bits per heavy atom. The Labute approximate surface area is 163 Å². The molecule has 3 rings (SSSR count). The van der Waals surface area contributed by atoms with E-state index in [0.717, 1.165) is 16.8 Å². The molecule has 0 aromatic heterocycles. The first-order chi connectivity index (χ1) is 12.9. The highest BCUT2D eigenvalue weighted by atomic mass is 32.2. The van der Waals surface area contributed by atoms with Gasteiger partial charge in [-0.25, -0.2) is 5.01 Å². The molecule has 8 nitrogen and oxygen atoms in total. The number of hydrazine groups is 1. The number of rotatable bonds is 5. The van der Waals surface area contributed by atoms with Gasteiger partial charge >= 0.3 is 0 Å². The molecule has 0 bridgehead atoms. The first-order valence-corrected chi connectivity index (χ1v) is 8.78. The molecule has 2 N–H and O–H groups in total. The molecule has 1 fully saturated rings. The molecule has 2 aromatic rings. The highest BCUT2D eigenvalue weighted by Gasteiger charge is 2.33. The number of para-hydroxylation sites is 2. The van der Waals surface area contributed by atoms with Crippen LogP contribution in [-0.4, -0.2) is 32.4 Å². The van der Waals surface area contributed by atoms with Gasteiger partial charge in [0.1, 0.15) is 5.69 Å². The molecule has 27 heavy (non-hydrogen) atoms. The predicted molar refractivity (Wildman–Crippen MR) is 106 cm³/mol. The number of anilines is 1. The first kappa shape index (κ1) is 18.7. The van der Waals surface area contributed by atoms with E-state index in [1.807, 2.05) is 0 Å². The zero-order valence-electron chi connectivity index (χ0n) is 13.9. The lowest BCUT2D eigenvalue weighted by molar-refractivity contribution is -0.384. The molecule has 1 saturated heterocycles. The van der Waals surface area contributed by atoms with Crippen molar-refractivity contribution in [3.63, 3.8) is 0 Å². The van der Waals surface area contributed by atoms with Crippen molar-refractivity contribution in [1.82, 2.24) is 5.01 Å². The minimum absolute atomic E-state index is 0.0137. The van der Waals surface area contributed by atoms with E-state index in [-0.39, 0.29) is 27.2 Å². The second kappa shape index (κ2) is 7.64. The number of nitro groups is 1. The summed E-state index contributed by atoms with van der Waals surface area (Å²) in [5.41, 5.74) is 3.34. The summed E-state index contributed by atoms with van der Waals surface area (Å²) in [6, 6.07) is 10.6. The van der Waals surface area contributed by atoms with Gasteiger partial charge in [0.2, 0.25) is 0 Å². The average Bonchev–Trinajstić information content (AvgIpc) is 2.91. The summed E-state index contributed by atoms with van der Waals surface area (Å²) >= 11 is 6.28. The van der Waals surface area contributed by atoms with Crippen LogP contribution in [0.4, 0.5) is 11.4 Å². The van der Waals surface area contributed by atoms with E-state index >= 15 is 0 Å². The molecule has 0 spiro atoms. The predicted octanol–water partition coefficient (Wildman–Crippen LogP) is 3.54. The van der Waals surface area contributed by atoms with Crippen molar-refractivity contribution in [3.8, 4) is 11.5 Å². The summed E-state index contributed by atoms with van der Waals surface area (Å²) in [7, 11) is 1.43. The summed E-state index contributed by atoms with van der Waals surface area (Å²) in [6.45, 7) is 0. The SMILES string of the molecule is COc1cc(/C=C2/SC(=S)N(Nc3ccccc3[N+](=O)[O-])C2=O)ccc1O. The van der Waals surface area contributed by atoms with Gasteiger partial charge in [0.05, 0.1) is 16.9 Å². The topological polar surface area (TPSA) is 105 Å². The Balaban J connectivity index is 1.87. The molecule has 1 aliphatic heterocycles. The largest absolute Gasteiger partial charge is 0.504 e. The van der Waals surface area contributed by atoms with Crippen molar-refractivity contribution in [1.29, 1.82) is 0 Å². The molecule has 10 heteroatoms. The highest BCUT2D eigenvalue weighted by Crippen LogP contribution is 2.35. The monoisotopic (exact) mass is 403 g/mol. The minimum Gasteiger partial charge on any atom is -0.504 e. The summed E-state index contributed by atoms with van der Waals surface area (Å²) in [4.78, 5) is 23.6. The number of amides is 1. The van der Waals surface area contributed by atoms with Gasteiger partial charge in [0.25, 0.3) is 11.6 Å². The van der Waals surface area contributed by atoms with Crippen LogP contribution in [-0.2, 0) is 4.79 Å². The van der Waals surface area contributed by atoms with Gasteiger partial charge in [-0.2, -0.15) is 0 Å². The molecule has 138 valence electrons. The molecule has 2 aromatic carbocycles. The number of thiocarbonyl (C=S) groups is 1. The Hall–Kier alpha value is -3.11. The average molecular weight is 403 g/mol. The Morgan fingerprint density at radius 3 is 2.78 bits per heavy atom. The number of nitrogens with one attached hydrogen (secondary N) is 1. The van der Waals surface area contributed by atoms with Gasteiger partial charge in [-0.3, -0.25) is 20.3 Å². The molecule has 1 amide bonds. The molecular weight excluding hydrogens is 390 g/mol. The third kappa shape index (κ3) is 3.86. The maximum absolute atomic E-state index is 12.7. The number of benzene rings is 2. The molecule has 0 aliphatic carbocycles. The number of phenols is 1. The van der Waals surface area contributed by atoms with E-state index in [1.54, 1.807) is 24.3 Å². The number of thioether (sulfide) groups is 1. The van der Waals surface area contributed by atoms with E-state index < -0.39 is 10.8 Å². The lowest BCUT2D eigenvalue weighted by atomic mass is 10.2. The van der Waals surface area contributed by atoms with Crippen LogP contribution in [0, 0.1) is 10.1 Å². The Kier molecular flexibility index (Phi) is 5.28. The fourth-order valence-electron chi connectivity index (χ4n) is 2.35. The zero-order chi connectivity index (χ0) is 19.6. The molecule has 0 saturated carbocycles. The Bertz CT molecular complexity index is 977. The highest BCUT2D eigenvalue weighted by molar-refractivity contribution is 8.26. The van der Waals surface area contributed by atoms with E-state index in [4.69, 9.17) is 17.0 Å².